The van der Waals surface area contributed by atoms with Crippen LogP contribution < -0.4 is 10.6 Å². The predicted molar refractivity (Wildman–Crippen MR) is 57.7 cm³/mol. The van der Waals surface area contributed by atoms with Crippen LogP contribution in [0, 0.1) is 5.92 Å². The first kappa shape index (κ1) is 13.2. The lowest BCUT2D eigenvalue weighted by atomic mass is 10.2. The van der Waals surface area contributed by atoms with Gasteiger partial charge >= 0.3 is 0 Å². The van der Waals surface area contributed by atoms with Crippen molar-refractivity contribution in [2.75, 3.05) is 6.61 Å². The van der Waals surface area contributed by atoms with Crippen LogP contribution in [0.1, 0.15) is 19.6 Å². The van der Waals surface area contributed by atoms with Crippen LogP contribution in [0.4, 0.5) is 0 Å². The van der Waals surface area contributed by atoms with E-state index >= 15 is 0 Å². The largest absolute Gasteiger partial charge is 0.447 e. The highest BCUT2D eigenvalue weighted by Gasteiger charge is 2.12. The predicted octanol–water partition coefficient (Wildman–Crippen LogP) is 0.604. The summed E-state index contributed by atoms with van der Waals surface area (Å²) >= 11 is 0. The number of primary sulfonamides is 1. The topological polar surface area (TPSA) is 94.6 Å². The molecular weight excluding hydrogens is 232 g/mol. The van der Waals surface area contributed by atoms with Crippen LogP contribution in [0.15, 0.2) is 21.6 Å². The molecule has 0 fully saturated rings. The molecule has 0 amide bonds. The van der Waals surface area contributed by atoms with Gasteiger partial charge in [-0.2, -0.15) is 5.48 Å². The van der Waals surface area contributed by atoms with E-state index in [9.17, 15) is 8.42 Å². The third kappa shape index (κ3) is 4.31. The van der Waals surface area contributed by atoms with Crippen molar-refractivity contribution in [1.82, 2.24) is 5.48 Å². The first-order valence-electron chi connectivity index (χ1n) is 4.85. The highest BCUT2D eigenvalue weighted by atomic mass is 32.2. The molecule has 3 N–H and O–H groups in total. The van der Waals surface area contributed by atoms with E-state index in [-0.39, 0.29) is 5.09 Å². The first-order valence-corrected chi connectivity index (χ1v) is 6.40. The monoisotopic (exact) mass is 248 g/mol. The van der Waals surface area contributed by atoms with Gasteiger partial charge < -0.3 is 9.25 Å². The van der Waals surface area contributed by atoms with Crippen molar-refractivity contribution in [2.24, 2.45) is 11.1 Å². The Hall–Kier alpha value is -0.890. The third-order valence-corrected chi connectivity index (χ3v) is 2.46. The minimum absolute atomic E-state index is 0.242. The summed E-state index contributed by atoms with van der Waals surface area (Å²) in [6.45, 7) is 4.91. The number of nitrogens with two attached hydrogens (primary N) is 1. The van der Waals surface area contributed by atoms with Gasteiger partial charge in [-0.15, -0.1) is 0 Å². The smallest absolute Gasteiger partial charge is 0.271 e. The van der Waals surface area contributed by atoms with Gasteiger partial charge in [0.15, 0.2) is 0 Å². The molecule has 0 radical (unpaired) electrons. The molecule has 0 aliphatic heterocycles. The number of hydrogen-bond donors (Lipinski definition) is 2. The van der Waals surface area contributed by atoms with Gasteiger partial charge in [-0.25, -0.2) is 13.6 Å². The fraction of sp³-hybridized carbons (Fsp3) is 0.556. The van der Waals surface area contributed by atoms with Crippen molar-refractivity contribution in [2.45, 2.75) is 25.5 Å². The maximum atomic E-state index is 10.9. The molecule has 7 heteroatoms. The summed E-state index contributed by atoms with van der Waals surface area (Å²) in [6.07, 6.45) is 0. The van der Waals surface area contributed by atoms with Crippen molar-refractivity contribution in [3.63, 3.8) is 0 Å². The van der Waals surface area contributed by atoms with E-state index in [1.165, 1.54) is 12.1 Å². The lowest BCUT2D eigenvalue weighted by Gasteiger charge is -2.06. The van der Waals surface area contributed by atoms with E-state index in [1.807, 2.05) is 13.8 Å². The average Bonchev–Trinajstić information content (AvgIpc) is 2.59. The lowest BCUT2D eigenvalue weighted by Crippen LogP contribution is -2.17. The molecule has 0 spiro atoms. The number of furan rings is 1. The van der Waals surface area contributed by atoms with Crippen LogP contribution in [-0.4, -0.2) is 15.0 Å². The SMILES string of the molecule is CC(C)CONCc1ccc(S(N)(=O)=O)o1. The van der Waals surface area contributed by atoms with Crippen molar-refractivity contribution < 1.29 is 17.7 Å². The lowest BCUT2D eigenvalue weighted by molar-refractivity contribution is 0.0160. The summed E-state index contributed by atoms with van der Waals surface area (Å²) in [5.74, 6) is 0.872. The Bertz CT molecular complexity index is 424. The number of nitrogens with one attached hydrogen (secondary N) is 1. The highest BCUT2D eigenvalue weighted by molar-refractivity contribution is 7.89. The van der Waals surface area contributed by atoms with E-state index in [2.05, 4.69) is 5.48 Å². The molecule has 0 saturated carbocycles. The van der Waals surface area contributed by atoms with Gasteiger partial charge in [-0.3, -0.25) is 0 Å². The van der Waals surface area contributed by atoms with E-state index in [0.29, 0.717) is 24.8 Å². The van der Waals surface area contributed by atoms with Crippen molar-refractivity contribution >= 4 is 10.0 Å². The normalized spacial score (nSPS) is 12.2. The number of hydroxylamine groups is 1. The van der Waals surface area contributed by atoms with Crippen LogP contribution >= 0.6 is 0 Å². The fourth-order valence-electron chi connectivity index (χ4n) is 0.954. The first-order chi connectivity index (χ1) is 7.39. The van der Waals surface area contributed by atoms with E-state index < -0.39 is 10.0 Å². The molecule has 1 rings (SSSR count). The zero-order valence-electron chi connectivity index (χ0n) is 9.26. The Balaban J connectivity index is 2.42. The molecule has 1 aromatic rings. The Labute approximate surface area is 94.8 Å². The van der Waals surface area contributed by atoms with Gasteiger partial charge in [0.25, 0.3) is 10.0 Å². The molecule has 0 aliphatic rings. The molecule has 0 atom stereocenters. The Morgan fingerprint density at radius 3 is 2.69 bits per heavy atom. The van der Waals surface area contributed by atoms with Crippen molar-refractivity contribution in [3.05, 3.63) is 17.9 Å². The summed E-state index contributed by atoms with van der Waals surface area (Å²) in [6, 6.07) is 2.85. The molecule has 1 aromatic heterocycles. The molecule has 1 heterocycles. The summed E-state index contributed by atoms with van der Waals surface area (Å²) in [4.78, 5) is 5.10. The summed E-state index contributed by atoms with van der Waals surface area (Å²) < 4.78 is 26.8. The third-order valence-electron chi connectivity index (χ3n) is 1.68. The van der Waals surface area contributed by atoms with Gasteiger partial charge in [0.05, 0.1) is 13.2 Å². The van der Waals surface area contributed by atoms with Crippen LogP contribution in [0.5, 0.6) is 0 Å². The Morgan fingerprint density at radius 2 is 2.19 bits per heavy atom. The molecular formula is C9H16N2O4S. The summed E-state index contributed by atoms with van der Waals surface area (Å²) in [5.41, 5.74) is 2.67. The zero-order valence-corrected chi connectivity index (χ0v) is 10.1. The number of rotatable bonds is 6. The second-order valence-electron chi connectivity index (χ2n) is 3.79. The van der Waals surface area contributed by atoms with Gasteiger partial charge in [-0.05, 0) is 18.1 Å². The average molecular weight is 248 g/mol. The van der Waals surface area contributed by atoms with E-state index in [0.717, 1.165) is 0 Å². The van der Waals surface area contributed by atoms with Gasteiger partial charge in [0.2, 0.25) is 5.09 Å². The molecule has 0 unspecified atom stereocenters. The second-order valence-corrected chi connectivity index (χ2v) is 5.28. The summed E-state index contributed by atoms with van der Waals surface area (Å²) in [7, 11) is -3.76. The van der Waals surface area contributed by atoms with Crippen LogP contribution in [0.2, 0.25) is 0 Å². The minimum atomic E-state index is -3.76. The quantitative estimate of drug-likeness (QED) is 0.568. The molecule has 92 valence electrons. The molecule has 0 aliphatic carbocycles. The Morgan fingerprint density at radius 1 is 1.50 bits per heavy atom. The van der Waals surface area contributed by atoms with Crippen molar-refractivity contribution in [3.8, 4) is 0 Å². The fourth-order valence-corrected chi connectivity index (χ4v) is 1.43. The van der Waals surface area contributed by atoms with Gasteiger partial charge in [-0.1, -0.05) is 13.8 Å². The highest BCUT2D eigenvalue weighted by Crippen LogP contribution is 2.11. The molecule has 16 heavy (non-hydrogen) atoms. The van der Waals surface area contributed by atoms with Crippen LogP contribution in [-0.2, 0) is 21.4 Å². The van der Waals surface area contributed by atoms with E-state index in [1.54, 1.807) is 0 Å². The molecule has 0 aromatic carbocycles. The molecule has 0 saturated heterocycles. The zero-order chi connectivity index (χ0) is 12.2. The van der Waals surface area contributed by atoms with Crippen LogP contribution in [0.25, 0.3) is 0 Å². The number of sulfonamides is 1. The molecule has 0 bridgehead atoms. The maximum absolute atomic E-state index is 10.9. The maximum Gasteiger partial charge on any atom is 0.271 e. The minimum Gasteiger partial charge on any atom is -0.447 e. The van der Waals surface area contributed by atoms with Gasteiger partial charge in [0, 0.05) is 0 Å². The number of hydrogen-bond acceptors (Lipinski definition) is 5. The summed E-state index contributed by atoms with van der Waals surface area (Å²) in [5, 5.41) is 4.65. The molecule has 6 nitrogen and oxygen atoms in total. The standard InChI is InChI=1S/C9H16N2O4S/c1-7(2)6-14-11-5-8-3-4-9(15-8)16(10,12)13/h3-4,7,11H,5-6H2,1-2H3,(H2,10,12,13). The van der Waals surface area contributed by atoms with Crippen LogP contribution in [0.3, 0.4) is 0 Å². The Kier molecular flexibility index (Phi) is 4.48. The second kappa shape index (κ2) is 5.44. The van der Waals surface area contributed by atoms with Crippen molar-refractivity contribution in [1.29, 1.82) is 0 Å². The van der Waals surface area contributed by atoms with Gasteiger partial charge in [0.1, 0.15) is 5.76 Å². The van der Waals surface area contributed by atoms with E-state index in [4.69, 9.17) is 14.4 Å².